The summed E-state index contributed by atoms with van der Waals surface area (Å²) in [6.45, 7) is -0.323. The van der Waals surface area contributed by atoms with Gasteiger partial charge in [0, 0.05) is 23.9 Å². The van der Waals surface area contributed by atoms with Gasteiger partial charge in [-0.15, -0.1) is 0 Å². The van der Waals surface area contributed by atoms with Gasteiger partial charge in [-0.1, -0.05) is 18.9 Å². The molecule has 0 unspecified atom stereocenters. The lowest BCUT2D eigenvalue weighted by Crippen LogP contribution is -2.32. The zero-order chi connectivity index (χ0) is 19.4. The minimum absolute atomic E-state index is 0.0263. The van der Waals surface area contributed by atoms with Crippen LogP contribution in [0.2, 0.25) is 0 Å². The van der Waals surface area contributed by atoms with E-state index in [1.807, 2.05) is 0 Å². The highest BCUT2D eigenvalue weighted by molar-refractivity contribution is 7.89. The number of anilines is 1. The molecule has 27 heavy (non-hydrogen) atoms. The third-order valence-corrected chi connectivity index (χ3v) is 5.78. The number of amides is 1. The normalized spacial score (nSPS) is 15.0. The lowest BCUT2D eigenvalue weighted by Gasteiger charge is -2.13. The first-order valence-corrected chi connectivity index (χ1v) is 10.0. The molecule has 1 amide bonds. The van der Waals surface area contributed by atoms with Gasteiger partial charge >= 0.3 is 5.97 Å². The molecule has 0 radical (unpaired) electrons. The molecule has 1 aliphatic rings. The first-order valence-electron chi connectivity index (χ1n) is 8.52. The molecule has 0 spiro atoms. The first kappa shape index (κ1) is 19.1. The van der Waals surface area contributed by atoms with E-state index in [1.165, 1.54) is 41.2 Å². The summed E-state index contributed by atoms with van der Waals surface area (Å²) < 4.78 is 28.9. The summed E-state index contributed by atoms with van der Waals surface area (Å²) in [6, 6.07) is 7.14. The number of nitrogens with one attached hydrogen (secondary N) is 2. The van der Waals surface area contributed by atoms with Gasteiger partial charge in [0.2, 0.25) is 10.0 Å². The molecule has 1 heterocycles. The fourth-order valence-corrected chi connectivity index (χ4v) is 4.33. The number of carboxylic acid groups (broad SMARTS) is 1. The van der Waals surface area contributed by atoms with Crippen molar-refractivity contribution in [3.05, 3.63) is 42.1 Å². The molecule has 2 aromatic rings. The number of rotatable bonds is 7. The van der Waals surface area contributed by atoms with Crippen molar-refractivity contribution in [2.45, 2.75) is 43.2 Å². The van der Waals surface area contributed by atoms with E-state index in [0.29, 0.717) is 0 Å². The maximum Gasteiger partial charge on any atom is 0.325 e. The predicted molar refractivity (Wildman–Crippen MR) is 96.8 cm³/mol. The van der Waals surface area contributed by atoms with Gasteiger partial charge in [-0.3, -0.25) is 14.3 Å². The Bertz CT molecular complexity index is 948. The monoisotopic (exact) mass is 392 g/mol. The van der Waals surface area contributed by atoms with Crippen LogP contribution in [-0.4, -0.2) is 41.2 Å². The second kappa shape index (κ2) is 7.89. The molecule has 3 N–H and O–H groups in total. The van der Waals surface area contributed by atoms with Crippen LogP contribution in [0.1, 0.15) is 36.0 Å². The molecule has 3 rings (SSSR count). The van der Waals surface area contributed by atoms with E-state index in [1.54, 1.807) is 0 Å². The molecular weight excluding hydrogens is 372 g/mol. The summed E-state index contributed by atoms with van der Waals surface area (Å²) in [6.07, 6.45) is 5.07. The summed E-state index contributed by atoms with van der Waals surface area (Å²) in [5.74, 6) is -1.41. The van der Waals surface area contributed by atoms with E-state index in [0.717, 1.165) is 25.7 Å². The Kier molecular flexibility index (Phi) is 5.57. The van der Waals surface area contributed by atoms with Crippen LogP contribution in [0.4, 0.5) is 5.82 Å². The van der Waals surface area contributed by atoms with E-state index in [2.05, 4.69) is 15.1 Å². The number of nitrogens with zero attached hydrogens (tertiary/aromatic N) is 2. The number of hydrogen-bond donors (Lipinski definition) is 3. The average molecular weight is 392 g/mol. The molecule has 1 fully saturated rings. The molecule has 144 valence electrons. The van der Waals surface area contributed by atoms with E-state index >= 15 is 0 Å². The van der Waals surface area contributed by atoms with Gasteiger partial charge in [0.25, 0.3) is 5.91 Å². The molecule has 1 aromatic carbocycles. The van der Waals surface area contributed by atoms with Crippen molar-refractivity contribution < 1.29 is 23.1 Å². The van der Waals surface area contributed by atoms with Crippen molar-refractivity contribution >= 4 is 27.7 Å². The number of hydrogen-bond acceptors (Lipinski definition) is 5. The van der Waals surface area contributed by atoms with E-state index in [9.17, 15) is 18.0 Å². The molecule has 0 bridgehead atoms. The van der Waals surface area contributed by atoms with Crippen LogP contribution < -0.4 is 10.0 Å². The summed E-state index contributed by atoms with van der Waals surface area (Å²) in [5, 5.41) is 15.2. The molecule has 0 saturated heterocycles. The lowest BCUT2D eigenvalue weighted by molar-refractivity contribution is -0.137. The number of benzene rings is 1. The topological polar surface area (TPSA) is 130 Å². The third kappa shape index (κ3) is 4.92. The van der Waals surface area contributed by atoms with Gasteiger partial charge in [0.05, 0.1) is 4.90 Å². The fraction of sp³-hybridized carbons (Fsp3) is 0.353. The minimum Gasteiger partial charge on any atom is -0.480 e. The van der Waals surface area contributed by atoms with Gasteiger partial charge in [-0.2, -0.15) is 5.10 Å². The first-order chi connectivity index (χ1) is 12.8. The highest BCUT2D eigenvalue weighted by Crippen LogP contribution is 2.21. The van der Waals surface area contributed by atoms with Crippen molar-refractivity contribution in [2.24, 2.45) is 0 Å². The second-order valence-electron chi connectivity index (χ2n) is 6.38. The van der Waals surface area contributed by atoms with Crippen molar-refractivity contribution in [2.75, 3.05) is 5.32 Å². The maximum atomic E-state index is 12.5. The van der Waals surface area contributed by atoms with Gasteiger partial charge in [-0.25, -0.2) is 13.1 Å². The number of carbonyl (C=O) groups excluding carboxylic acids is 1. The zero-order valence-electron chi connectivity index (χ0n) is 14.5. The molecule has 1 aliphatic carbocycles. The Labute approximate surface area is 156 Å². The Morgan fingerprint density at radius 2 is 1.96 bits per heavy atom. The standard InChI is InChI=1S/C17H20N4O5S/c22-16(23)11-21-9-8-15(19-21)18-17(24)12-4-3-7-14(10-12)27(25,26)20-13-5-1-2-6-13/h3-4,7-10,13,20H,1-2,5-6,11H2,(H,22,23)(H,18,19,24). The maximum absolute atomic E-state index is 12.5. The van der Waals surface area contributed by atoms with E-state index in [4.69, 9.17) is 5.11 Å². The van der Waals surface area contributed by atoms with Crippen LogP contribution in [0.25, 0.3) is 0 Å². The minimum atomic E-state index is -3.70. The van der Waals surface area contributed by atoms with Crippen molar-refractivity contribution in [1.29, 1.82) is 0 Å². The summed E-state index contributed by atoms with van der Waals surface area (Å²) >= 11 is 0. The largest absolute Gasteiger partial charge is 0.480 e. The fourth-order valence-electron chi connectivity index (χ4n) is 2.98. The van der Waals surface area contributed by atoms with Crippen molar-refractivity contribution in [3.8, 4) is 0 Å². The average Bonchev–Trinajstić information content (AvgIpc) is 3.26. The highest BCUT2D eigenvalue weighted by Gasteiger charge is 2.23. The van der Waals surface area contributed by atoms with Crippen molar-refractivity contribution in [3.63, 3.8) is 0 Å². The molecule has 10 heteroatoms. The number of sulfonamides is 1. The quantitative estimate of drug-likeness (QED) is 0.654. The summed E-state index contributed by atoms with van der Waals surface area (Å²) in [4.78, 5) is 23.1. The predicted octanol–water partition coefficient (Wildman–Crippen LogP) is 1.44. The van der Waals surface area contributed by atoms with Crippen molar-refractivity contribution in [1.82, 2.24) is 14.5 Å². The molecule has 9 nitrogen and oxygen atoms in total. The van der Waals surface area contributed by atoms with Crippen LogP contribution in [0.5, 0.6) is 0 Å². The number of carbonyl (C=O) groups is 2. The van der Waals surface area contributed by atoms with Crippen LogP contribution in [0, 0.1) is 0 Å². The second-order valence-corrected chi connectivity index (χ2v) is 8.09. The smallest absolute Gasteiger partial charge is 0.325 e. The molecule has 1 saturated carbocycles. The highest BCUT2D eigenvalue weighted by atomic mass is 32.2. The SMILES string of the molecule is O=C(O)Cn1ccc(NC(=O)c2cccc(S(=O)(=O)NC3CCCC3)c2)n1. The van der Waals surface area contributed by atoms with Crippen LogP contribution in [0.3, 0.4) is 0 Å². The third-order valence-electron chi connectivity index (χ3n) is 4.26. The zero-order valence-corrected chi connectivity index (χ0v) is 15.3. The van der Waals surface area contributed by atoms with E-state index < -0.39 is 21.9 Å². The van der Waals surface area contributed by atoms with Crippen LogP contribution in [0.15, 0.2) is 41.4 Å². The number of aromatic nitrogens is 2. The molecule has 0 atom stereocenters. The van der Waals surface area contributed by atoms with Gasteiger partial charge in [0.1, 0.15) is 6.54 Å². The van der Waals surface area contributed by atoms with E-state index in [-0.39, 0.29) is 28.9 Å². The molecule has 1 aromatic heterocycles. The summed E-state index contributed by atoms with van der Waals surface area (Å²) in [7, 11) is -3.70. The van der Waals surface area contributed by atoms with Gasteiger partial charge in [-0.05, 0) is 31.0 Å². The number of aliphatic carboxylic acids is 1. The Balaban J connectivity index is 1.71. The Morgan fingerprint density at radius 1 is 1.22 bits per heavy atom. The Morgan fingerprint density at radius 3 is 2.67 bits per heavy atom. The van der Waals surface area contributed by atoms with Gasteiger partial charge < -0.3 is 10.4 Å². The van der Waals surface area contributed by atoms with Crippen LogP contribution in [-0.2, 0) is 21.4 Å². The van der Waals surface area contributed by atoms with Gasteiger partial charge in [0.15, 0.2) is 5.82 Å². The lowest BCUT2D eigenvalue weighted by atomic mass is 10.2. The Hall–Kier alpha value is -2.72. The molecule has 0 aliphatic heterocycles. The van der Waals surface area contributed by atoms with Crippen LogP contribution >= 0.6 is 0 Å². The molecular formula is C17H20N4O5S. The number of carboxylic acids is 1. The summed E-state index contributed by atoms with van der Waals surface area (Å²) in [5.41, 5.74) is 0.164.